The molecule has 5 amide bonds. The quantitative estimate of drug-likeness (QED) is 0.177. The summed E-state index contributed by atoms with van der Waals surface area (Å²) in [5.74, 6) is -0.864. The SMILES string of the molecule is CCOc1ccc(N2C(=O)NC(=O)/C(=C\c3cc(I)c(OCC(=O)Nc4ccc(C)c(Cl)c4)c(OC)c3)C2=O)cc1. The molecule has 1 saturated heterocycles. The van der Waals surface area contributed by atoms with Gasteiger partial charge in [0.25, 0.3) is 17.7 Å². The third-order valence-corrected chi connectivity index (χ3v) is 7.08. The van der Waals surface area contributed by atoms with Crippen LogP contribution in [0, 0.1) is 10.5 Å². The highest BCUT2D eigenvalue weighted by Gasteiger charge is 2.37. The molecule has 3 aromatic rings. The predicted octanol–water partition coefficient (Wildman–Crippen LogP) is 5.34. The van der Waals surface area contributed by atoms with Crippen molar-refractivity contribution in [2.75, 3.05) is 30.5 Å². The monoisotopic (exact) mass is 689 g/mol. The number of barbiturate groups is 1. The lowest BCUT2D eigenvalue weighted by atomic mass is 10.1. The zero-order valence-electron chi connectivity index (χ0n) is 22.2. The van der Waals surface area contributed by atoms with Gasteiger partial charge >= 0.3 is 6.03 Å². The first kappa shape index (κ1) is 29.9. The van der Waals surface area contributed by atoms with E-state index >= 15 is 0 Å². The molecule has 1 fully saturated rings. The number of methoxy groups -OCH3 is 1. The molecule has 1 aliphatic rings. The van der Waals surface area contributed by atoms with E-state index in [9.17, 15) is 19.2 Å². The molecule has 1 aliphatic heterocycles. The molecule has 10 nitrogen and oxygen atoms in total. The Morgan fingerprint density at radius 2 is 1.80 bits per heavy atom. The maximum absolute atomic E-state index is 13.3. The van der Waals surface area contributed by atoms with Gasteiger partial charge in [0.15, 0.2) is 18.1 Å². The number of benzene rings is 3. The molecular weight excluding hydrogens is 665 g/mol. The van der Waals surface area contributed by atoms with Crippen LogP contribution in [-0.4, -0.2) is 44.1 Å². The Balaban J connectivity index is 1.53. The number of anilines is 2. The summed E-state index contributed by atoms with van der Waals surface area (Å²) >= 11 is 8.12. The lowest BCUT2D eigenvalue weighted by Gasteiger charge is -2.26. The summed E-state index contributed by atoms with van der Waals surface area (Å²) in [5, 5.41) is 5.45. The standard InChI is InChI=1S/C29H25ClIN3O7/c1-4-40-20-9-7-19(8-10-20)34-28(37)21(27(36)33-29(34)38)11-17-12-23(31)26(24(13-17)39-3)41-15-25(35)32-18-6-5-16(2)22(30)14-18/h5-14H,4,15H2,1-3H3,(H,32,35)(H,33,36,38)/b21-11+. The van der Waals surface area contributed by atoms with E-state index in [-0.39, 0.29) is 23.6 Å². The molecule has 0 aliphatic carbocycles. The second-order valence-electron chi connectivity index (χ2n) is 8.72. The fraction of sp³-hybridized carbons (Fsp3) is 0.172. The van der Waals surface area contributed by atoms with Crippen molar-refractivity contribution in [3.63, 3.8) is 0 Å². The minimum absolute atomic E-state index is 0.249. The van der Waals surface area contributed by atoms with Gasteiger partial charge in [0.05, 0.1) is 23.0 Å². The van der Waals surface area contributed by atoms with Gasteiger partial charge < -0.3 is 19.5 Å². The van der Waals surface area contributed by atoms with Crippen molar-refractivity contribution >= 4 is 75.4 Å². The summed E-state index contributed by atoms with van der Waals surface area (Å²) in [6, 6.07) is 13.9. The molecular formula is C29H25ClIN3O7. The van der Waals surface area contributed by atoms with Gasteiger partial charge in [-0.15, -0.1) is 0 Å². The van der Waals surface area contributed by atoms with Crippen LogP contribution in [0.15, 0.2) is 60.2 Å². The number of hydrogen-bond acceptors (Lipinski definition) is 7. The van der Waals surface area contributed by atoms with Crippen molar-refractivity contribution in [1.29, 1.82) is 0 Å². The maximum atomic E-state index is 13.3. The van der Waals surface area contributed by atoms with Gasteiger partial charge in [-0.3, -0.25) is 19.7 Å². The van der Waals surface area contributed by atoms with Crippen LogP contribution in [0.25, 0.3) is 6.08 Å². The van der Waals surface area contributed by atoms with E-state index in [0.29, 0.717) is 37.9 Å². The molecule has 2 N–H and O–H groups in total. The van der Waals surface area contributed by atoms with Crippen LogP contribution in [0.2, 0.25) is 5.02 Å². The first-order valence-electron chi connectivity index (χ1n) is 12.3. The molecule has 0 bridgehead atoms. The zero-order chi connectivity index (χ0) is 29.7. The predicted molar refractivity (Wildman–Crippen MR) is 163 cm³/mol. The molecule has 0 saturated carbocycles. The molecule has 0 aromatic heterocycles. The van der Waals surface area contributed by atoms with E-state index in [4.69, 9.17) is 25.8 Å². The van der Waals surface area contributed by atoms with Crippen molar-refractivity contribution in [3.05, 3.63) is 79.9 Å². The first-order valence-corrected chi connectivity index (χ1v) is 13.8. The van der Waals surface area contributed by atoms with E-state index in [1.54, 1.807) is 54.6 Å². The molecule has 0 spiro atoms. The third kappa shape index (κ3) is 6.98. The van der Waals surface area contributed by atoms with Gasteiger partial charge in [0, 0.05) is 10.7 Å². The van der Waals surface area contributed by atoms with Crippen LogP contribution in [0.4, 0.5) is 16.2 Å². The Kier molecular flexibility index (Phi) is 9.50. The van der Waals surface area contributed by atoms with E-state index in [1.165, 1.54) is 13.2 Å². The Morgan fingerprint density at radius 1 is 1.07 bits per heavy atom. The van der Waals surface area contributed by atoms with Gasteiger partial charge in [-0.1, -0.05) is 17.7 Å². The van der Waals surface area contributed by atoms with Gasteiger partial charge in [-0.05, 0) is 102 Å². The van der Waals surface area contributed by atoms with Gasteiger partial charge in [0.1, 0.15) is 11.3 Å². The Labute approximate surface area is 254 Å². The van der Waals surface area contributed by atoms with E-state index < -0.39 is 23.8 Å². The number of halogens is 2. The molecule has 0 atom stereocenters. The highest BCUT2D eigenvalue weighted by molar-refractivity contribution is 14.1. The number of nitrogens with zero attached hydrogens (tertiary/aromatic N) is 1. The van der Waals surface area contributed by atoms with Crippen molar-refractivity contribution in [2.24, 2.45) is 0 Å². The lowest BCUT2D eigenvalue weighted by Crippen LogP contribution is -2.54. The molecule has 212 valence electrons. The first-order chi connectivity index (χ1) is 19.6. The highest BCUT2D eigenvalue weighted by atomic mass is 127. The number of imide groups is 2. The van der Waals surface area contributed by atoms with Crippen LogP contribution in [0.1, 0.15) is 18.1 Å². The topological polar surface area (TPSA) is 123 Å². The number of hydrogen-bond donors (Lipinski definition) is 2. The van der Waals surface area contributed by atoms with Crippen LogP contribution < -0.4 is 29.7 Å². The second-order valence-corrected chi connectivity index (χ2v) is 10.3. The molecule has 3 aromatic carbocycles. The largest absolute Gasteiger partial charge is 0.494 e. The second kappa shape index (κ2) is 13.0. The summed E-state index contributed by atoms with van der Waals surface area (Å²) in [6.07, 6.45) is 1.36. The summed E-state index contributed by atoms with van der Waals surface area (Å²) in [5.41, 5.74) is 1.89. The lowest BCUT2D eigenvalue weighted by molar-refractivity contribution is -0.122. The fourth-order valence-electron chi connectivity index (χ4n) is 3.89. The average Bonchev–Trinajstić information content (AvgIpc) is 2.93. The number of nitrogens with one attached hydrogen (secondary N) is 2. The maximum Gasteiger partial charge on any atom is 0.335 e. The zero-order valence-corrected chi connectivity index (χ0v) is 25.2. The van der Waals surface area contributed by atoms with Gasteiger partial charge in [-0.2, -0.15) is 0 Å². The summed E-state index contributed by atoms with van der Waals surface area (Å²) < 4.78 is 17.2. The Hall–Kier alpha value is -4.10. The van der Waals surface area contributed by atoms with Crippen LogP contribution in [0.5, 0.6) is 17.2 Å². The fourth-order valence-corrected chi connectivity index (χ4v) is 4.85. The van der Waals surface area contributed by atoms with Crippen LogP contribution in [0.3, 0.4) is 0 Å². The van der Waals surface area contributed by atoms with Crippen molar-refractivity contribution in [3.8, 4) is 17.2 Å². The smallest absolute Gasteiger partial charge is 0.335 e. The van der Waals surface area contributed by atoms with E-state index in [0.717, 1.165) is 10.5 Å². The molecule has 0 radical (unpaired) electrons. The summed E-state index contributed by atoms with van der Waals surface area (Å²) in [6.45, 7) is 3.86. The van der Waals surface area contributed by atoms with Gasteiger partial charge in [-0.25, -0.2) is 9.69 Å². The number of carbonyl (C=O) groups is 4. The number of ether oxygens (including phenoxy) is 3. The Morgan fingerprint density at radius 3 is 2.46 bits per heavy atom. The van der Waals surface area contributed by atoms with Crippen molar-refractivity contribution in [2.45, 2.75) is 13.8 Å². The van der Waals surface area contributed by atoms with Crippen molar-refractivity contribution in [1.82, 2.24) is 5.32 Å². The molecule has 4 rings (SSSR count). The molecule has 12 heteroatoms. The number of carbonyl (C=O) groups excluding carboxylic acids is 4. The molecule has 1 heterocycles. The van der Waals surface area contributed by atoms with Crippen LogP contribution >= 0.6 is 34.2 Å². The van der Waals surface area contributed by atoms with E-state index in [1.807, 2.05) is 36.4 Å². The molecule has 0 unspecified atom stereocenters. The minimum Gasteiger partial charge on any atom is -0.494 e. The normalized spacial score (nSPS) is 14.1. The number of aryl methyl sites for hydroxylation is 1. The van der Waals surface area contributed by atoms with E-state index in [2.05, 4.69) is 10.6 Å². The van der Waals surface area contributed by atoms with Gasteiger partial charge in [0.2, 0.25) is 0 Å². The minimum atomic E-state index is -0.858. The molecule has 41 heavy (non-hydrogen) atoms. The third-order valence-electron chi connectivity index (χ3n) is 5.87. The number of amides is 5. The van der Waals surface area contributed by atoms with Crippen molar-refractivity contribution < 1.29 is 33.4 Å². The number of rotatable bonds is 9. The average molecular weight is 690 g/mol. The highest BCUT2D eigenvalue weighted by Crippen LogP contribution is 2.35. The number of urea groups is 1. The summed E-state index contributed by atoms with van der Waals surface area (Å²) in [7, 11) is 1.42. The Bertz CT molecular complexity index is 1560. The van der Waals surface area contributed by atoms with Crippen LogP contribution in [-0.2, 0) is 14.4 Å². The summed E-state index contributed by atoms with van der Waals surface area (Å²) in [4.78, 5) is 51.8.